The summed E-state index contributed by atoms with van der Waals surface area (Å²) >= 11 is 0. The number of aryl methyl sites for hydroxylation is 1. The molecule has 0 bridgehead atoms. The zero-order valence-corrected chi connectivity index (χ0v) is 17.6. The molecular formula is C22H39F2NO. The van der Waals surface area contributed by atoms with Gasteiger partial charge in [0.2, 0.25) is 0 Å². The first kappa shape index (κ1) is 26.9. The molecule has 0 fully saturated rings. The van der Waals surface area contributed by atoms with Crippen molar-refractivity contribution >= 4 is 5.78 Å². The third kappa shape index (κ3) is 13.9. The van der Waals surface area contributed by atoms with Gasteiger partial charge in [0.15, 0.2) is 11.6 Å². The molecule has 0 aliphatic heterocycles. The van der Waals surface area contributed by atoms with Gasteiger partial charge < -0.3 is 5.73 Å². The van der Waals surface area contributed by atoms with Crippen LogP contribution < -0.4 is 5.73 Å². The minimum atomic E-state index is -0.780. The second-order valence-corrected chi connectivity index (χ2v) is 6.76. The summed E-state index contributed by atoms with van der Waals surface area (Å²) < 4.78 is 24.7. The molecule has 1 rings (SSSR count). The van der Waals surface area contributed by atoms with E-state index in [0.29, 0.717) is 0 Å². The number of halogens is 2. The Bertz CT molecular complexity index is 471. The van der Waals surface area contributed by atoms with Gasteiger partial charge in [0.05, 0.1) is 6.54 Å². The first-order valence-electron chi connectivity index (χ1n) is 9.93. The van der Waals surface area contributed by atoms with Crippen LogP contribution in [-0.4, -0.2) is 12.3 Å². The first-order chi connectivity index (χ1) is 12.3. The lowest BCUT2D eigenvalue weighted by Crippen LogP contribution is -2.20. The Balaban J connectivity index is 0. The maximum Gasteiger partial charge on any atom is 0.159 e. The van der Waals surface area contributed by atoms with Gasteiger partial charge in [0.25, 0.3) is 0 Å². The molecule has 1 unspecified atom stereocenters. The van der Waals surface area contributed by atoms with E-state index in [9.17, 15) is 13.6 Å². The molecular weight excluding hydrogens is 332 g/mol. The number of hydrogen-bond acceptors (Lipinski definition) is 2. The fourth-order valence-electron chi connectivity index (χ4n) is 2.32. The molecule has 0 radical (unpaired) electrons. The zero-order valence-electron chi connectivity index (χ0n) is 17.6. The highest BCUT2D eigenvalue weighted by atomic mass is 19.2. The molecule has 0 heterocycles. The molecule has 0 aliphatic rings. The number of Topliss-reactive ketones (excluding diaryl/α,β-unsaturated/α-hetero) is 1. The summed E-state index contributed by atoms with van der Waals surface area (Å²) in [6.45, 7) is 12.8. The molecule has 0 aliphatic carbocycles. The van der Waals surface area contributed by atoms with E-state index in [1.807, 2.05) is 20.8 Å². The van der Waals surface area contributed by atoms with Crippen LogP contribution in [0.25, 0.3) is 0 Å². The van der Waals surface area contributed by atoms with E-state index in [-0.39, 0.29) is 18.2 Å². The van der Waals surface area contributed by atoms with Crippen molar-refractivity contribution in [3.8, 4) is 0 Å². The van der Waals surface area contributed by atoms with Crippen molar-refractivity contribution in [3.63, 3.8) is 0 Å². The summed E-state index contributed by atoms with van der Waals surface area (Å²) in [5.74, 6) is -0.269. The van der Waals surface area contributed by atoms with Crippen LogP contribution in [0, 0.1) is 23.5 Å². The molecule has 0 saturated heterocycles. The molecule has 4 heteroatoms. The maximum absolute atomic E-state index is 12.4. The topological polar surface area (TPSA) is 43.1 Å². The van der Waals surface area contributed by atoms with E-state index >= 15 is 0 Å². The molecule has 2 N–H and O–H groups in total. The van der Waals surface area contributed by atoms with Crippen LogP contribution in [0.15, 0.2) is 18.2 Å². The van der Waals surface area contributed by atoms with Crippen molar-refractivity contribution in [2.24, 2.45) is 17.6 Å². The summed E-state index contributed by atoms with van der Waals surface area (Å²) in [7, 11) is 0. The summed E-state index contributed by atoms with van der Waals surface area (Å²) in [5, 5.41) is 0. The lowest BCUT2D eigenvalue weighted by molar-refractivity contribution is -0.121. The predicted molar refractivity (Wildman–Crippen MR) is 108 cm³/mol. The van der Waals surface area contributed by atoms with Crippen LogP contribution in [0.4, 0.5) is 8.78 Å². The van der Waals surface area contributed by atoms with Gasteiger partial charge in [-0.25, -0.2) is 8.78 Å². The third-order valence-electron chi connectivity index (χ3n) is 4.32. The summed E-state index contributed by atoms with van der Waals surface area (Å²) in [6, 6.07) is 3.95. The SMILES string of the molecule is CCC(C)C(=O)CN.CCCC(C)CCC.CCc1ccc(F)c(F)c1. The molecule has 1 aromatic carbocycles. The number of nitrogens with two attached hydrogens (primary N) is 1. The van der Waals surface area contributed by atoms with Gasteiger partial charge in [-0.2, -0.15) is 0 Å². The molecule has 26 heavy (non-hydrogen) atoms. The van der Waals surface area contributed by atoms with Crippen molar-refractivity contribution in [1.29, 1.82) is 0 Å². The summed E-state index contributed by atoms with van der Waals surface area (Å²) in [5.41, 5.74) is 5.92. The third-order valence-corrected chi connectivity index (χ3v) is 4.32. The smallest absolute Gasteiger partial charge is 0.159 e. The van der Waals surface area contributed by atoms with Gasteiger partial charge >= 0.3 is 0 Å². The fraction of sp³-hybridized carbons (Fsp3) is 0.682. The van der Waals surface area contributed by atoms with Crippen molar-refractivity contribution in [2.75, 3.05) is 6.54 Å². The fourth-order valence-corrected chi connectivity index (χ4v) is 2.32. The quantitative estimate of drug-likeness (QED) is 0.582. The normalized spacial score (nSPS) is 11.2. The number of benzene rings is 1. The Morgan fingerprint density at radius 2 is 1.54 bits per heavy atom. The Kier molecular flexibility index (Phi) is 17.8. The van der Waals surface area contributed by atoms with Crippen LogP contribution >= 0.6 is 0 Å². The molecule has 152 valence electrons. The van der Waals surface area contributed by atoms with Crippen molar-refractivity contribution in [3.05, 3.63) is 35.4 Å². The molecule has 0 saturated carbocycles. The minimum Gasteiger partial charge on any atom is -0.324 e. The van der Waals surface area contributed by atoms with E-state index in [1.165, 1.54) is 31.7 Å². The molecule has 1 atom stereocenters. The highest BCUT2D eigenvalue weighted by Gasteiger charge is 2.06. The Labute approximate surface area is 159 Å². The lowest BCUT2D eigenvalue weighted by atomic mass is 10.0. The van der Waals surface area contributed by atoms with Gasteiger partial charge in [-0.3, -0.25) is 4.79 Å². The van der Waals surface area contributed by atoms with Crippen LogP contribution in [-0.2, 0) is 11.2 Å². The maximum atomic E-state index is 12.4. The van der Waals surface area contributed by atoms with Crippen LogP contribution in [0.5, 0.6) is 0 Å². The standard InChI is InChI=1S/C8H8F2.C8H18.C6H13NO/c1-2-6-3-4-7(9)8(10)5-6;1-4-6-8(3)7-5-2;1-3-5(2)6(8)4-7/h3-5H,2H2,1H3;8H,4-7H2,1-3H3;5H,3-4,7H2,1-2H3. The van der Waals surface area contributed by atoms with Crippen LogP contribution in [0.3, 0.4) is 0 Å². The molecule has 1 aromatic rings. The Morgan fingerprint density at radius 1 is 1.00 bits per heavy atom. The lowest BCUT2D eigenvalue weighted by Gasteiger charge is -2.05. The zero-order chi connectivity index (χ0) is 20.5. The van der Waals surface area contributed by atoms with Crippen molar-refractivity contribution in [2.45, 2.75) is 80.1 Å². The second-order valence-electron chi connectivity index (χ2n) is 6.76. The summed E-state index contributed by atoms with van der Waals surface area (Å²) in [6.07, 6.45) is 7.15. The van der Waals surface area contributed by atoms with Crippen molar-refractivity contribution in [1.82, 2.24) is 0 Å². The largest absolute Gasteiger partial charge is 0.324 e. The van der Waals surface area contributed by atoms with E-state index in [4.69, 9.17) is 5.73 Å². The monoisotopic (exact) mass is 371 g/mol. The molecule has 0 aromatic heterocycles. The van der Waals surface area contributed by atoms with Crippen LogP contribution in [0.1, 0.15) is 79.2 Å². The minimum absolute atomic E-state index is 0.153. The summed E-state index contributed by atoms with van der Waals surface area (Å²) in [4.78, 5) is 10.6. The van der Waals surface area contributed by atoms with E-state index < -0.39 is 11.6 Å². The van der Waals surface area contributed by atoms with Gasteiger partial charge in [-0.1, -0.05) is 73.3 Å². The number of hydrogen-bond donors (Lipinski definition) is 1. The van der Waals surface area contributed by atoms with Crippen LogP contribution in [0.2, 0.25) is 0 Å². The number of rotatable bonds is 8. The van der Waals surface area contributed by atoms with E-state index in [2.05, 4.69) is 20.8 Å². The van der Waals surface area contributed by atoms with E-state index in [0.717, 1.165) is 30.4 Å². The number of ketones is 1. The van der Waals surface area contributed by atoms with E-state index in [1.54, 1.807) is 6.07 Å². The average Bonchev–Trinajstić information content (AvgIpc) is 2.64. The second kappa shape index (κ2) is 17.1. The van der Waals surface area contributed by atoms with Gasteiger partial charge in [0.1, 0.15) is 5.78 Å². The first-order valence-corrected chi connectivity index (χ1v) is 9.93. The molecule has 2 nitrogen and oxygen atoms in total. The molecule has 0 amide bonds. The average molecular weight is 372 g/mol. The van der Waals surface area contributed by atoms with Crippen molar-refractivity contribution < 1.29 is 13.6 Å². The predicted octanol–water partition coefficient (Wildman–Crippen LogP) is 6.31. The number of carbonyl (C=O) groups is 1. The van der Waals surface area contributed by atoms with Gasteiger partial charge in [-0.15, -0.1) is 0 Å². The Hall–Kier alpha value is -1.29. The van der Waals surface area contributed by atoms with Gasteiger partial charge in [-0.05, 0) is 36.5 Å². The highest BCUT2D eigenvalue weighted by Crippen LogP contribution is 2.11. The molecule has 0 spiro atoms. The highest BCUT2D eigenvalue weighted by molar-refractivity contribution is 5.82. The van der Waals surface area contributed by atoms with Gasteiger partial charge in [0, 0.05) is 5.92 Å². The number of carbonyl (C=O) groups excluding carboxylic acids is 1. The Morgan fingerprint density at radius 3 is 1.85 bits per heavy atom.